The normalized spacial score (nSPS) is 18.1. The van der Waals surface area contributed by atoms with E-state index in [1.807, 2.05) is 18.3 Å². The number of H-pyrrole nitrogens is 1. The zero-order valence-corrected chi connectivity index (χ0v) is 15.9. The van der Waals surface area contributed by atoms with Crippen molar-refractivity contribution in [2.75, 3.05) is 13.1 Å². The molecule has 0 unspecified atom stereocenters. The minimum absolute atomic E-state index is 0.179. The van der Waals surface area contributed by atoms with E-state index < -0.39 is 16.1 Å². The van der Waals surface area contributed by atoms with Crippen molar-refractivity contribution >= 4 is 21.1 Å². The average Bonchev–Trinajstić information content (AvgIpc) is 3.28. The number of sulfonamides is 1. The summed E-state index contributed by atoms with van der Waals surface area (Å²) in [6.07, 6.45) is 7.55. The molecule has 0 amide bonds. The molecule has 3 aromatic rings. The number of aromatic nitrogens is 4. The largest absolute Gasteiger partial charge is 0.391 e. The molecule has 4 heterocycles. The first-order valence-corrected chi connectivity index (χ1v) is 10.5. The Morgan fingerprint density at radius 3 is 2.89 bits per heavy atom. The van der Waals surface area contributed by atoms with Crippen LogP contribution in [0.3, 0.4) is 0 Å². The SMILES string of the molecule is C[C@@H](O)Cn1cc(S(=O)(=O)N2CCC(c3c[nH]c4ncccc34)CC2)cn1. The Labute approximate surface area is 157 Å². The molecule has 8 nitrogen and oxygen atoms in total. The molecule has 0 aliphatic carbocycles. The maximum atomic E-state index is 12.9. The lowest BCUT2D eigenvalue weighted by Crippen LogP contribution is -2.37. The molecule has 3 aromatic heterocycles. The number of rotatable bonds is 5. The lowest BCUT2D eigenvalue weighted by molar-refractivity contribution is 0.168. The van der Waals surface area contributed by atoms with Gasteiger partial charge >= 0.3 is 0 Å². The van der Waals surface area contributed by atoms with Crippen molar-refractivity contribution in [2.24, 2.45) is 0 Å². The fourth-order valence-electron chi connectivity index (χ4n) is 3.72. The lowest BCUT2D eigenvalue weighted by atomic mass is 9.90. The van der Waals surface area contributed by atoms with Crippen molar-refractivity contribution in [1.82, 2.24) is 24.1 Å². The van der Waals surface area contributed by atoms with Gasteiger partial charge in [0.05, 0.1) is 18.8 Å². The number of nitrogens with zero attached hydrogens (tertiary/aromatic N) is 4. The fourth-order valence-corrected chi connectivity index (χ4v) is 5.14. The van der Waals surface area contributed by atoms with Crippen molar-refractivity contribution in [3.05, 3.63) is 42.5 Å². The second-order valence-corrected chi connectivity index (χ2v) is 9.01. The minimum Gasteiger partial charge on any atom is -0.391 e. The molecule has 1 fully saturated rings. The Bertz CT molecular complexity index is 1030. The van der Waals surface area contributed by atoms with E-state index in [-0.39, 0.29) is 11.4 Å². The first-order chi connectivity index (χ1) is 12.9. The Hall–Kier alpha value is -2.23. The van der Waals surface area contributed by atoms with Crippen molar-refractivity contribution in [2.45, 2.75) is 43.2 Å². The Morgan fingerprint density at radius 2 is 2.15 bits per heavy atom. The van der Waals surface area contributed by atoms with Crippen LogP contribution in [-0.2, 0) is 16.6 Å². The molecule has 1 aliphatic rings. The maximum Gasteiger partial charge on any atom is 0.246 e. The van der Waals surface area contributed by atoms with Gasteiger partial charge < -0.3 is 10.1 Å². The molecule has 0 saturated carbocycles. The van der Waals surface area contributed by atoms with Crippen LogP contribution in [0.2, 0.25) is 0 Å². The van der Waals surface area contributed by atoms with Crippen LogP contribution in [0.25, 0.3) is 11.0 Å². The van der Waals surface area contributed by atoms with Crippen molar-refractivity contribution in [1.29, 1.82) is 0 Å². The van der Waals surface area contributed by atoms with E-state index in [0.717, 1.165) is 23.9 Å². The van der Waals surface area contributed by atoms with E-state index in [1.165, 1.54) is 26.9 Å². The summed E-state index contributed by atoms with van der Waals surface area (Å²) in [6, 6.07) is 3.97. The van der Waals surface area contributed by atoms with Crippen LogP contribution in [-0.4, -0.2) is 56.8 Å². The number of aliphatic hydroxyl groups is 1. The molecular formula is C18H23N5O3S. The van der Waals surface area contributed by atoms with Gasteiger partial charge in [-0.15, -0.1) is 0 Å². The predicted molar refractivity (Wildman–Crippen MR) is 101 cm³/mol. The van der Waals surface area contributed by atoms with Crippen LogP contribution >= 0.6 is 0 Å². The summed E-state index contributed by atoms with van der Waals surface area (Å²) in [5, 5.41) is 14.6. The zero-order chi connectivity index (χ0) is 19.0. The van der Waals surface area contributed by atoms with E-state index in [9.17, 15) is 13.5 Å². The molecule has 27 heavy (non-hydrogen) atoms. The molecular weight excluding hydrogens is 366 g/mol. The average molecular weight is 389 g/mol. The Morgan fingerprint density at radius 1 is 1.37 bits per heavy atom. The summed E-state index contributed by atoms with van der Waals surface area (Å²) < 4.78 is 28.8. The van der Waals surface area contributed by atoms with Gasteiger partial charge in [-0.1, -0.05) is 0 Å². The highest BCUT2D eigenvalue weighted by Crippen LogP contribution is 2.34. The Balaban J connectivity index is 1.47. The van der Waals surface area contributed by atoms with E-state index in [4.69, 9.17) is 0 Å². The molecule has 0 spiro atoms. The van der Waals surface area contributed by atoms with Crippen molar-refractivity contribution < 1.29 is 13.5 Å². The van der Waals surface area contributed by atoms with Gasteiger partial charge in [-0.3, -0.25) is 4.68 Å². The molecule has 0 bridgehead atoms. The summed E-state index contributed by atoms with van der Waals surface area (Å²) in [5.41, 5.74) is 2.08. The molecule has 0 radical (unpaired) electrons. The van der Waals surface area contributed by atoms with Gasteiger partial charge in [-0.2, -0.15) is 9.40 Å². The lowest BCUT2D eigenvalue weighted by Gasteiger charge is -2.30. The summed E-state index contributed by atoms with van der Waals surface area (Å²) in [6.45, 7) is 2.86. The number of hydrogen-bond acceptors (Lipinski definition) is 5. The zero-order valence-electron chi connectivity index (χ0n) is 15.1. The predicted octanol–water partition coefficient (Wildman–Crippen LogP) is 1.71. The van der Waals surface area contributed by atoms with Crippen LogP contribution in [0.15, 0.2) is 41.8 Å². The molecule has 1 saturated heterocycles. The smallest absolute Gasteiger partial charge is 0.246 e. The standard InChI is InChI=1S/C18H23N5O3S/c1-13(24)11-22-12-15(9-21-22)27(25,26)23-7-4-14(5-8-23)17-10-20-18-16(17)3-2-6-19-18/h2-3,6,9-10,12-14,24H,4-5,7-8,11H2,1H3,(H,19,20)/t13-/m1/s1. The number of aliphatic hydroxyl groups excluding tert-OH is 1. The monoisotopic (exact) mass is 389 g/mol. The van der Waals surface area contributed by atoms with Crippen LogP contribution in [0.4, 0.5) is 0 Å². The van der Waals surface area contributed by atoms with Crippen molar-refractivity contribution in [3.8, 4) is 0 Å². The van der Waals surface area contributed by atoms with Gasteiger partial charge in [0.1, 0.15) is 10.5 Å². The highest BCUT2D eigenvalue weighted by atomic mass is 32.2. The number of piperidine rings is 1. The van der Waals surface area contributed by atoms with Gasteiger partial charge in [0.15, 0.2) is 0 Å². The summed E-state index contributed by atoms with van der Waals surface area (Å²) in [5.74, 6) is 0.312. The molecule has 2 N–H and O–H groups in total. The van der Waals surface area contributed by atoms with E-state index in [2.05, 4.69) is 15.1 Å². The number of fused-ring (bicyclic) bond motifs is 1. The third-order valence-corrected chi connectivity index (χ3v) is 6.93. The second kappa shape index (κ2) is 7.06. The van der Waals surface area contributed by atoms with Crippen LogP contribution in [0, 0.1) is 0 Å². The number of nitrogens with one attached hydrogen (secondary N) is 1. The second-order valence-electron chi connectivity index (χ2n) is 7.07. The molecule has 1 atom stereocenters. The summed E-state index contributed by atoms with van der Waals surface area (Å²) in [7, 11) is -3.56. The molecule has 9 heteroatoms. The van der Waals surface area contributed by atoms with Crippen LogP contribution in [0.1, 0.15) is 31.2 Å². The number of hydrogen-bond donors (Lipinski definition) is 2. The van der Waals surface area contributed by atoms with Gasteiger partial charge in [-0.25, -0.2) is 13.4 Å². The molecule has 4 rings (SSSR count). The fraction of sp³-hybridized carbons (Fsp3) is 0.444. The quantitative estimate of drug-likeness (QED) is 0.691. The molecule has 1 aliphatic heterocycles. The first-order valence-electron chi connectivity index (χ1n) is 9.08. The van der Waals surface area contributed by atoms with Gasteiger partial charge in [0.25, 0.3) is 0 Å². The third-order valence-electron chi connectivity index (χ3n) is 5.08. The topological polar surface area (TPSA) is 104 Å². The summed E-state index contributed by atoms with van der Waals surface area (Å²) >= 11 is 0. The van der Waals surface area contributed by atoms with Crippen molar-refractivity contribution in [3.63, 3.8) is 0 Å². The highest BCUT2D eigenvalue weighted by Gasteiger charge is 2.31. The van der Waals surface area contributed by atoms with E-state index in [1.54, 1.807) is 13.1 Å². The van der Waals surface area contributed by atoms with E-state index >= 15 is 0 Å². The van der Waals surface area contributed by atoms with Gasteiger partial charge in [0.2, 0.25) is 10.0 Å². The van der Waals surface area contributed by atoms with Gasteiger partial charge in [-0.05, 0) is 43.4 Å². The molecule has 144 valence electrons. The highest BCUT2D eigenvalue weighted by molar-refractivity contribution is 7.89. The van der Waals surface area contributed by atoms with E-state index in [0.29, 0.717) is 19.0 Å². The third kappa shape index (κ3) is 3.50. The minimum atomic E-state index is -3.56. The summed E-state index contributed by atoms with van der Waals surface area (Å²) in [4.78, 5) is 7.70. The van der Waals surface area contributed by atoms with Crippen LogP contribution in [0.5, 0.6) is 0 Å². The maximum absolute atomic E-state index is 12.9. The first kappa shape index (κ1) is 18.1. The van der Waals surface area contributed by atoms with Gasteiger partial charge in [0, 0.05) is 37.1 Å². The molecule has 0 aromatic carbocycles. The van der Waals surface area contributed by atoms with Crippen LogP contribution < -0.4 is 0 Å². The Kier molecular flexibility index (Phi) is 4.75. The number of aromatic amines is 1. The number of pyridine rings is 1.